The number of rotatable bonds is 3. The largest absolute Gasteiger partial charge is 0.492 e. The zero-order chi connectivity index (χ0) is 10.6. The summed E-state index contributed by atoms with van der Waals surface area (Å²) in [5, 5.41) is 11.5. The maximum Gasteiger partial charge on any atom is 0.173 e. The van der Waals surface area contributed by atoms with E-state index in [2.05, 4.69) is 21.1 Å². The van der Waals surface area contributed by atoms with Crippen molar-refractivity contribution in [2.24, 2.45) is 10.9 Å². The number of para-hydroxylation sites is 1. The number of halogens is 1. The number of hydrogen-bond acceptors (Lipinski definition) is 3. The van der Waals surface area contributed by atoms with Crippen LogP contribution in [0.5, 0.6) is 5.75 Å². The summed E-state index contributed by atoms with van der Waals surface area (Å²) in [4.78, 5) is 0. The summed E-state index contributed by atoms with van der Waals surface area (Å²) >= 11 is 3.33. The Morgan fingerprint density at radius 3 is 2.93 bits per heavy atom. The molecule has 3 N–H and O–H groups in total. The van der Waals surface area contributed by atoms with Gasteiger partial charge in [-0.1, -0.05) is 11.2 Å². The first kappa shape index (κ1) is 10.8. The molecule has 1 aromatic carbocycles. The molecule has 14 heavy (non-hydrogen) atoms. The van der Waals surface area contributed by atoms with Gasteiger partial charge in [0.05, 0.1) is 16.6 Å². The van der Waals surface area contributed by atoms with E-state index >= 15 is 0 Å². The normalized spacial score (nSPS) is 11.4. The molecule has 0 saturated heterocycles. The molecule has 0 radical (unpaired) electrons. The molecule has 1 rings (SSSR count). The summed E-state index contributed by atoms with van der Waals surface area (Å²) < 4.78 is 6.15. The average molecular weight is 259 g/mol. The maximum absolute atomic E-state index is 8.56. The van der Waals surface area contributed by atoms with Crippen molar-refractivity contribution in [3.05, 3.63) is 28.2 Å². The van der Waals surface area contributed by atoms with Crippen LogP contribution < -0.4 is 10.5 Å². The van der Waals surface area contributed by atoms with Crippen LogP contribution >= 0.6 is 15.9 Å². The van der Waals surface area contributed by atoms with E-state index < -0.39 is 0 Å². The predicted molar refractivity (Wildman–Crippen MR) is 57.8 cm³/mol. The van der Waals surface area contributed by atoms with E-state index in [4.69, 9.17) is 15.7 Å². The van der Waals surface area contributed by atoms with Crippen molar-refractivity contribution >= 4 is 21.8 Å². The van der Waals surface area contributed by atoms with Crippen LogP contribution in [0.4, 0.5) is 0 Å². The molecule has 0 fully saturated rings. The Labute approximate surface area is 90.5 Å². The minimum absolute atomic E-state index is 0.0368. The highest BCUT2D eigenvalue weighted by molar-refractivity contribution is 9.10. The molecular weight excluding hydrogens is 248 g/mol. The SMILES string of the molecule is CCOc1c(Br)cccc1C(N)=NO. The third-order valence-corrected chi connectivity index (χ3v) is 2.26. The number of ether oxygens (including phenoxy) is 1. The Morgan fingerprint density at radius 2 is 2.36 bits per heavy atom. The second-order valence-corrected chi connectivity index (χ2v) is 3.39. The van der Waals surface area contributed by atoms with Crippen LogP contribution in [0, 0.1) is 0 Å². The fourth-order valence-corrected chi connectivity index (χ4v) is 1.54. The minimum Gasteiger partial charge on any atom is -0.492 e. The van der Waals surface area contributed by atoms with Crippen molar-refractivity contribution in [2.45, 2.75) is 6.92 Å². The Bertz CT molecular complexity index is 353. The van der Waals surface area contributed by atoms with Gasteiger partial charge in [0.2, 0.25) is 0 Å². The number of nitrogens with zero attached hydrogens (tertiary/aromatic N) is 1. The van der Waals surface area contributed by atoms with Crippen LogP contribution in [0.3, 0.4) is 0 Å². The van der Waals surface area contributed by atoms with E-state index in [1.165, 1.54) is 0 Å². The van der Waals surface area contributed by atoms with Crippen molar-refractivity contribution in [3.63, 3.8) is 0 Å². The highest BCUT2D eigenvalue weighted by Gasteiger charge is 2.10. The van der Waals surface area contributed by atoms with E-state index in [-0.39, 0.29) is 5.84 Å². The Morgan fingerprint density at radius 1 is 1.64 bits per heavy atom. The van der Waals surface area contributed by atoms with Crippen molar-refractivity contribution in [1.82, 2.24) is 0 Å². The monoisotopic (exact) mass is 258 g/mol. The van der Waals surface area contributed by atoms with E-state index in [0.29, 0.717) is 17.9 Å². The van der Waals surface area contributed by atoms with Gasteiger partial charge in [0.15, 0.2) is 5.84 Å². The molecule has 0 aliphatic heterocycles. The Kier molecular flexibility index (Phi) is 3.76. The van der Waals surface area contributed by atoms with Gasteiger partial charge in [0.1, 0.15) is 5.75 Å². The smallest absolute Gasteiger partial charge is 0.173 e. The van der Waals surface area contributed by atoms with Gasteiger partial charge in [0, 0.05) is 0 Å². The fraction of sp³-hybridized carbons (Fsp3) is 0.222. The van der Waals surface area contributed by atoms with Crippen molar-refractivity contribution in [3.8, 4) is 5.75 Å². The predicted octanol–water partition coefficient (Wildman–Crippen LogP) is 1.94. The molecule has 4 nitrogen and oxygen atoms in total. The van der Waals surface area contributed by atoms with Crippen LogP contribution in [0.15, 0.2) is 27.8 Å². The highest BCUT2D eigenvalue weighted by Crippen LogP contribution is 2.28. The van der Waals surface area contributed by atoms with Crippen LogP contribution in [0.1, 0.15) is 12.5 Å². The zero-order valence-electron chi connectivity index (χ0n) is 7.70. The van der Waals surface area contributed by atoms with Crippen LogP contribution in [0.25, 0.3) is 0 Å². The molecule has 5 heteroatoms. The molecule has 0 saturated carbocycles. The summed E-state index contributed by atoms with van der Waals surface area (Å²) in [5.41, 5.74) is 6.07. The molecule has 1 aromatic rings. The van der Waals surface area contributed by atoms with E-state index in [1.54, 1.807) is 12.1 Å². The molecule has 0 aromatic heterocycles. The van der Waals surface area contributed by atoms with E-state index in [1.807, 2.05) is 13.0 Å². The molecule has 0 unspecified atom stereocenters. The summed E-state index contributed by atoms with van der Waals surface area (Å²) in [6.07, 6.45) is 0. The second kappa shape index (κ2) is 4.85. The van der Waals surface area contributed by atoms with Gasteiger partial charge in [0.25, 0.3) is 0 Å². The summed E-state index contributed by atoms with van der Waals surface area (Å²) in [6.45, 7) is 2.39. The molecule has 0 aliphatic rings. The van der Waals surface area contributed by atoms with E-state index in [0.717, 1.165) is 4.47 Å². The van der Waals surface area contributed by atoms with Gasteiger partial charge in [-0.2, -0.15) is 0 Å². The van der Waals surface area contributed by atoms with Crippen molar-refractivity contribution in [1.29, 1.82) is 0 Å². The third kappa shape index (κ3) is 2.17. The molecule has 0 spiro atoms. The van der Waals surface area contributed by atoms with Gasteiger partial charge >= 0.3 is 0 Å². The molecule has 0 bridgehead atoms. The first-order chi connectivity index (χ1) is 6.70. The van der Waals surface area contributed by atoms with E-state index in [9.17, 15) is 0 Å². The van der Waals surface area contributed by atoms with Crippen LogP contribution in [0.2, 0.25) is 0 Å². The second-order valence-electron chi connectivity index (χ2n) is 2.53. The van der Waals surface area contributed by atoms with Gasteiger partial charge in [-0.25, -0.2) is 0 Å². The molecule has 76 valence electrons. The maximum atomic E-state index is 8.56. The lowest BCUT2D eigenvalue weighted by Gasteiger charge is -2.10. The van der Waals surface area contributed by atoms with Crippen LogP contribution in [-0.4, -0.2) is 17.6 Å². The van der Waals surface area contributed by atoms with Crippen molar-refractivity contribution in [2.75, 3.05) is 6.61 Å². The summed E-state index contributed by atoms with van der Waals surface area (Å²) in [5.74, 6) is 0.625. The van der Waals surface area contributed by atoms with Gasteiger partial charge in [-0.05, 0) is 35.0 Å². The quantitative estimate of drug-likeness (QED) is 0.377. The Hall–Kier alpha value is -1.23. The fourth-order valence-electron chi connectivity index (χ4n) is 1.06. The van der Waals surface area contributed by atoms with Gasteiger partial charge < -0.3 is 15.7 Å². The minimum atomic E-state index is 0.0368. The first-order valence-electron chi connectivity index (χ1n) is 4.10. The molecule has 0 amide bonds. The standard InChI is InChI=1S/C9H11BrN2O2/c1-2-14-8-6(9(11)12-13)4-3-5-7(8)10/h3-5,13H,2H2,1H3,(H2,11,12). The highest BCUT2D eigenvalue weighted by atomic mass is 79.9. The van der Waals surface area contributed by atoms with Gasteiger partial charge in [-0.15, -0.1) is 0 Å². The molecular formula is C9H11BrN2O2. The molecule has 0 aliphatic carbocycles. The molecule has 0 heterocycles. The summed E-state index contributed by atoms with van der Waals surface area (Å²) in [7, 11) is 0. The van der Waals surface area contributed by atoms with Crippen molar-refractivity contribution < 1.29 is 9.94 Å². The Balaban J connectivity index is 3.21. The zero-order valence-corrected chi connectivity index (χ0v) is 9.28. The molecule has 0 atom stereocenters. The summed E-state index contributed by atoms with van der Waals surface area (Å²) in [6, 6.07) is 5.35. The average Bonchev–Trinajstić information content (AvgIpc) is 2.20. The first-order valence-corrected chi connectivity index (χ1v) is 4.89. The lowest BCUT2D eigenvalue weighted by Crippen LogP contribution is -2.15. The lowest BCUT2D eigenvalue weighted by atomic mass is 10.2. The number of hydrogen-bond donors (Lipinski definition) is 2. The lowest BCUT2D eigenvalue weighted by molar-refractivity contribution is 0.316. The third-order valence-electron chi connectivity index (χ3n) is 1.64. The number of oxime groups is 1. The van der Waals surface area contributed by atoms with Crippen LogP contribution in [-0.2, 0) is 0 Å². The van der Waals surface area contributed by atoms with Gasteiger partial charge in [-0.3, -0.25) is 0 Å². The number of amidine groups is 1. The number of nitrogens with two attached hydrogens (primary N) is 1. The number of benzene rings is 1. The topological polar surface area (TPSA) is 67.8 Å².